The summed E-state index contributed by atoms with van der Waals surface area (Å²) >= 11 is 0. The van der Waals surface area contributed by atoms with Crippen LogP contribution in [0, 0.1) is 6.92 Å². The third-order valence-electron chi connectivity index (χ3n) is 2.80. The molecule has 0 spiro atoms. The van der Waals surface area contributed by atoms with E-state index in [1.807, 2.05) is 0 Å². The number of carboxylic acid groups (broad SMARTS) is 1. The van der Waals surface area contributed by atoms with Gasteiger partial charge in [-0.1, -0.05) is 12.1 Å². The van der Waals surface area contributed by atoms with E-state index < -0.39 is 17.7 Å². The number of rotatable bonds is 3. The molecule has 7 heteroatoms. The van der Waals surface area contributed by atoms with Gasteiger partial charge in [-0.3, -0.25) is 9.48 Å². The Balaban J connectivity index is 2.32. The summed E-state index contributed by atoms with van der Waals surface area (Å²) < 4.78 is 39.2. The molecule has 1 aromatic carbocycles. The highest BCUT2D eigenvalue weighted by atomic mass is 19.4. The molecule has 20 heavy (non-hydrogen) atoms. The van der Waals surface area contributed by atoms with Crippen LogP contribution in [0.2, 0.25) is 0 Å². The molecule has 1 heterocycles. The molecular weight excluding hydrogens is 273 g/mol. The lowest BCUT2D eigenvalue weighted by Gasteiger charge is -2.10. The molecule has 2 rings (SSSR count). The van der Waals surface area contributed by atoms with Crippen LogP contribution < -0.4 is 0 Å². The summed E-state index contributed by atoms with van der Waals surface area (Å²) in [5.41, 5.74) is 0.565. The fourth-order valence-corrected chi connectivity index (χ4v) is 1.90. The van der Waals surface area contributed by atoms with Crippen LogP contribution in [-0.4, -0.2) is 20.9 Å². The van der Waals surface area contributed by atoms with Crippen molar-refractivity contribution in [1.29, 1.82) is 0 Å². The van der Waals surface area contributed by atoms with Crippen LogP contribution in [-0.2, 0) is 17.5 Å². The van der Waals surface area contributed by atoms with Crippen molar-refractivity contribution >= 4 is 5.97 Å². The van der Waals surface area contributed by atoms with Gasteiger partial charge in [0.05, 0.1) is 11.8 Å². The number of nitrogens with zero attached hydrogens (tertiary/aromatic N) is 2. The lowest BCUT2D eigenvalue weighted by atomic mass is 10.0. The molecule has 0 aliphatic carbocycles. The van der Waals surface area contributed by atoms with Gasteiger partial charge in [0.1, 0.15) is 6.54 Å². The third-order valence-corrected chi connectivity index (χ3v) is 2.80. The molecule has 0 bridgehead atoms. The van der Waals surface area contributed by atoms with Crippen LogP contribution in [0.4, 0.5) is 13.2 Å². The van der Waals surface area contributed by atoms with Gasteiger partial charge in [0.2, 0.25) is 0 Å². The number of hydrogen-bond donors (Lipinski definition) is 1. The van der Waals surface area contributed by atoms with Crippen LogP contribution in [0.15, 0.2) is 30.6 Å². The third kappa shape index (κ3) is 2.98. The standard InChI is InChI=1S/C13H11F3N2O2/c1-8-4-9(2-3-11(8)13(14,15)16)10-5-17-18(6-10)7-12(19)20/h2-6H,7H2,1H3,(H,19,20). The predicted octanol–water partition coefficient (Wildman–Crippen LogP) is 2.96. The normalized spacial score (nSPS) is 11.6. The Hall–Kier alpha value is -2.31. The van der Waals surface area contributed by atoms with Crippen molar-refractivity contribution < 1.29 is 23.1 Å². The van der Waals surface area contributed by atoms with Crippen LogP contribution in [0.3, 0.4) is 0 Å². The molecule has 0 radical (unpaired) electrons. The number of alkyl halides is 3. The van der Waals surface area contributed by atoms with Crippen molar-refractivity contribution in [2.24, 2.45) is 0 Å². The van der Waals surface area contributed by atoms with Gasteiger partial charge >= 0.3 is 12.1 Å². The summed E-state index contributed by atoms with van der Waals surface area (Å²) in [6.07, 6.45) is -1.47. The number of aryl methyl sites for hydroxylation is 1. The highest BCUT2D eigenvalue weighted by Crippen LogP contribution is 2.33. The van der Waals surface area contributed by atoms with E-state index in [0.717, 1.165) is 6.07 Å². The minimum atomic E-state index is -4.38. The Kier molecular flexibility index (Phi) is 3.52. The molecule has 0 atom stereocenters. The van der Waals surface area contributed by atoms with Crippen molar-refractivity contribution in [3.05, 3.63) is 41.7 Å². The molecule has 4 nitrogen and oxygen atoms in total. The number of hydrogen-bond acceptors (Lipinski definition) is 2. The molecule has 2 aromatic rings. The van der Waals surface area contributed by atoms with Crippen molar-refractivity contribution in [1.82, 2.24) is 9.78 Å². The molecule has 0 amide bonds. The molecule has 0 saturated carbocycles. The van der Waals surface area contributed by atoms with Gasteiger partial charge in [0, 0.05) is 11.8 Å². The molecule has 1 N–H and O–H groups in total. The first-order chi connectivity index (χ1) is 9.27. The predicted molar refractivity (Wildman–Crippen MR) is 65.0 cm³/mol. The molecule has 0 aliphatic rings. The van der Waals surface area contributed by atoms with E-state index in [2.05, 4.69) is 5.10 Å². The number of aliphatic carboxylic acids is 1. The van der Waals surface area contributed by atoms with Gasteiger partial charge in [-0.15, -0.1) is 0 Å². The first-order valence-corrected chi connectivity index (χ1v) is 5.70. The lowest BCUT2D eigenvalue weighted by Crippen LogP contribution is -2.08. The van der Waals surface area contributed by atoms with E-state index in [0.29, 0.717) is 11.1 Å². The fraction of sp³-hybridized carbons (Fsp3) is 0.231. The summed E-state index contributed by atoms with van der Waals surface area (Å²) in [6, 6.07) is 3.77. The number of aromatic nitrogens is 2. The Morgan fingerprint density at radius 1 is 1.35 bits per heavy atom. The molecule has 0 unspecified atom stereocenters. The smallest absolute Gasteiger partial charge is 0.416 e. The number of carboxylic acids is 1. The minimum absolute atomic E-state index is 0.112. The van der Waals surface area contributed by atoms with E-state index >= 15 is 0 Å². The second-order valence-corrected chi connectivity index (χ2v) is 4.35. The maximum atomic E-state index is 12.6. The van der Waals surface area contributed by atoms with Crippen molar-refractivity contribution in [3.63, 3.8) is 0 Å². The van der Waals surface area contributed by atoms with Gasteiger partial charge in [-0.25, -0.2) is 0 Å². The van der Waals surface area contributed by atoms with Crippen LogP contribution in [0.5, 0.6) is 0 Å². The van der Waals surface area contributed by atoms with Gasteiger partial charge in [-0.2, -0.15) is 18.3 Å². The van der Waals surface area contributed by atoms with Crippen molar-refractivity contribution in [2.75, 3.05) is 0 Å². The largest absolute Gasteiger partial charge is 0.480 e. The summed E-state index contributed by atoms with van der Waals surface area (Å²) in [6.45, 7) is 1.09. The molecule has 0 fully saturated rings. The second kappa shape index (κ2) is 4.99. The maximum Gasteiger partial charge on any atom is 0.416 e. The van der Waals surface area contributed by atoms with Crippen LogP contribution in [0.25, 0.3) is 11.1 Å². The van der Waals surface area contributed by atoms with Gasteiger partial charge in [-0.05, 0) is 24.1 Å². The highest BCUT2D eigenvalue weighted by molar-refractivity contribution is 5.67. The lowest BCUT2D eigenvalue weighted by molar-refractivity contribution is -0.138. The average Bonchev–Trinajstić information content (AvgIpc) is 2.74. The van der Waals surface area contributed by atoms with Gasteiger partial charge in [0.25, 0.3) is 0 Å². The van der Waals surface area contributed by atoms with E-state index in [1.54, 1.807) is 0 Å². The summed E-state index contributed by atoms with van der Waals surface area (Å²) in [5.74, 6) is -1.04. The van der Waals surface area contributed by atoms with E-state index in [4.69, 9.17) is 5.11 Å². The number of carbonyl (C=O) groups is 1. The zero-order valence-corrected chi connectivity index (χ0v) is 10.5. The van der Waals surface area contributed by atoms with E-state index in [1.165, 1.54) is 36.1 Å². The first-order valence-electron chi connectivity index (χ1n) is 5.70. The van der Waals surface area contributed by atoms with Crippen LogP contribution in [0.1, 0.15) is 11.1 Å². The maximum absolute atomic E-state index is 12.6. The summed E-state index contributed by atoms with van der Waals surface area (Å²) in [7, 11) is 0. The quantitative estimate of drug-likeness (QED) is 0.942. The zero-order chi connectivity index (χ0) is 14.9. The topological polar surface area (TPSA) is 55.1 Å². The zero-order valence-electron chi connectivity index (χ0n) is 10.5. The minimum Gasteiger partial charge on any atom is -0.480 e. The molecule has 1 aromatic heterocycles. The Bertz CT molecular complexity index is 647. The SMILES string of the molecule is Cc1cc(-c2cnn(CC(=O)O)c2)ccc1C(F)(F)F. The molecule has 0 aliphatic heterocycles. The van der Waals surface area contributed by atoms with Gasteiger partial charge < -0.3 is 5.11 Å². The van der Waals surface area contributed by atoms with Crippen molar-refractivity contribution in [3.8, 4) is 11.1 Å². The number of halogens is 3. The Morgan fingerprint density at radius 3 is 2.60 bits per heavy atom. The van der Waals surface area contributed by atoms with E-state index in [-0.39, 0.29) is 12.1 Å². The second-order valence-electron chi connectivity index (χ2n) is 4.35. The average molecular weight is 284 g/mol. The van der Waals surface area contributed by atoms with Crippen LogP contribution >= 0.6 is 0 Å². The summed E-state index contributed by atoms with van der Waals surface area (Å²) in [4.78, 5) is 10.5. The molecule has 106 valence electrons. The monoisotopic (exact) mass is 284 g/mol. The molecule has 0 saturated heterocycles. The van der Waals surface area contributed by atoms with Gasteiger partial charge in [0.15, 0.2) is 0 Å². The van der Waals surface area contributed by atoms with E-state index in [9.17, 15) is 18.0 Å². The first kappa shape index (κ1) is 14.1. The Morgan fingerprint density at radius 2 is 2.05 bits per heavy atom. The Labute approximate surface area is 112 Å². The molecular formula is C13H11F3N2O2. The van der Waals surface area contributed by atoms with Crippen molar-refractivity contribution in [2.45, 2.75) is 19.6 Å². The fourth-order valence-electron chi connectivity index (χ4n) is 1.90. The summed E-state index contributed by atoms with van der Waals surface area (Å²) in [5, 5.41) is 12.5. The highest BCUT2D eigenvalue weighted by Gasteiger charge is 2.32. The number of benzene rings is 1.